The third-order valence-electron chi connectivity index (χ3n) is 4.45. The zero-order valence-corrected chi connectivity index (χ0v) is 13.5. The van der Waals surface area contributed by atoms with Crippen molar-refractivity contribution >= 4 is 29.5 Å². The minimum absolute atomic E-state index is 0.0818. The number of carbonyl (C=O) groups is 3. The predicted molar refractivity (Wildman–Crippen MR) is 79.4 cm³/mol. The first kappa shape index (κ1) is 15.2. The van der Waals surface area contributed by atoms with Gasteiger partial charge in [0.2, 0.25) is 17.7 Å². The third kappa shape index (κ3) is 2.24. The molecule has 8 heteroatoms. The molecule has 0 saturated carbocycles. The van der Waals surface area contributed by atoms with Crippen molar-refractivity contribution in [2.75, 3.05) is 6.54 Å². The van der Waals surface area contributed by atoms with Gasteiger partial charge in [0, 0.05) is 18.1 Å². The molecular formula is C14H18N4O3S. The van der Waals surface area contributed by atoms with Gasteiger partial charge in [-0.15, -0.1) is 11.8 Å². The summed E-state index contributed by atoms with van der Waals surface area (Å²) in [4.78, 5) is 38.9. The van der Waals surface area contributed by atoms with E-state index >= 15 is 0 Å². The molecule has 0 bridgehead atoms. The van der Waals surface area contributed by atoms with E-state index in [-0.39, 0.29) is 46.3 Å². The highest BCUT2D eigenvalue weighted by molar-refractivity contribution is 8.01. The molecular weight excluding hydrogens is 304 g/mol. The lowest BCUT2D eigenvalue weighted by molar-refractivity contribution is -0.152. The van der Waals surface area contributed by atoms with E-state index in [9.17, 15) is 14.4 Å². The molecule has 3 heterocycles. The summed E-state index contributed by atoms with van der Waals surface area (Å²) in [5, 5.41) is 11.4. The molecule has 3 rings (SSSR count). The second kappa shape index (κ2) is 4.88. The van der Waals surface area contributed by atoms with Crippen LogP contribution in [0.4, 0.5) is 0 Å². The Balaban J connectivity index is 1.70. The van der Waals surface area contributed by atoms with E-state index in [0.29, 0.717) is 6.54 Å². The summed E-state index contributed by atoms with van der Waals surface area (Å²) in [5.74, 6) is -0.433. The van der Waals surface area contributed by atoms with Crippen LogP contribution in [0.1, 0.15) is 27.2 Å². The van der Waals surface area contributed by atoms with Gasteiger partial charge in [-0.2, -0.15) is 5.26 Å². The smallest absolute Gasteiger partial charge is 0.249 e. The number of hydrogen-bond donors (Lipinski definition) is 1. The molecule has 3 amide bonds. The normalized spacial score (nSPS) is 34.5. The van der Waals surface area contributed by atoms with Crippen molar-refractivity contribution in [3.05, 3.63) is 0 Å². The molecule has 22 heavy (non-hydrogen) atoms. The predicted octanol–water partition coefficient (Wildman–Crippen LogP) is -0.322. The quantitative estimate of drug-likeness (QED) is 0.568. The summed E-state index contributed by atoms with van der Waals surface area (Å²) in [7, 11) is 0. The molecule has 7 nitrogen and oxygen atoms in total. The van der Waals surface area contributed by atoms with Gasteiger partial charge in [0.25, 0.3) is 0 Å². The first-order valence-corrected chi connectivity index (χ1v) is 8.10. The summed E-state index contributed by atoms with van der Waals surface area (Å²) in [5.41, 5.74) is 0. The van der Waals surface area contributed by atoms with Gasteiger partial charge in [-0.1, -0.05) is 0 Å². The standard InChI is InChI=1S/C14H18N4O3S/c1-7(19)16-11-12(21)18-9(14(2,3)22-13(11)18)4-10(20)17-6-8(17)5-15/h8-9,11,13H,4,6H2,1-3H3,(H,16,19)/t8?,9-,11+,13+,17?/m0/s1. The van der Waals surface area contributed by atoms with E-state index in [0.717, 1.165) is 0 Å². The number of fused-ring (bicyclic) bond motifs is 1. The molecule has 0 aromatic carbocycles. The Morgan fingerprint density at radius 1 is 1.50 bits per heavy atom. The zero-order chi connectivity index (χ0) is 16.2. The number of amides is 3. The van der Waals surface area contributed by atoms with Crippen LogP contribution >= 0.6 is 11.8 Å². The average molecular weight is 322 g/mol. The Bertz CT molecular complexity index is 599. The van der Waals surface area contributed by atoms with Crippen LogP contribution in [0.2, 0.25) is 0 Å². The molecule has 1 N–H and O–H groups in total. The van der Waals surface area contributed by atoms with E-state index in [2.05, 4.69) is 11.4 Å². The maximum atomic E-state index is 12.3. The molecule has 3 fully saturated rings. The topological polar surface area (TPSA) is 93.3 Å². The molecule has 0 radical (unpaired) electrons. The summed E-state index contributed by atoms with van der Waals surface area (Å²) < 4.78 is -0.263. The highest BCUT2D eigenvalue weighted by Crippen LogP contribution is 2.51. The Morgan fingerprint density at radius 3 is 2.73 bits per heavy atom. The minimum atomic E-state index is -0.491. The van der Waals surface area contributed by atoms with Crippen LogP contribution in [0.5, 0.6) is 0 Å². The van der Waals surface area contributed by atoms with Crippen molar-refractivity contribution in [3.63, 3.8) is 0 Å². The minimum Gasteiger partial charge on any atom is -0.342 e. The molecule has 118 valence electrons. The molecule has 1 unspecified atom stereocenters. The number of rotatable bonds is 3. The summed E-state index contributed by atoms with van der Waals surface area (Å²) >= 11 is 1.61. The largest absolute Gasteiger partial charge is 0.342 e. The molecule has 0 spiro atoms. The number of β-lactam (4-membered cyclic amide) rings is 1. The van der Waals surface area contributed by atoms with Crippen molar-refractivity contribution < 1.29 is 14.4 Å². The fourth-order valence-corrected chi connectivity index (χ4v) is 4.83. The first-order valence-electron chi connectivity index (χ1n) is 7.22. The average Bonchev–Trinajstić information content (AvgIpc) is 3.18. The summed E-state index contributed by atoms with van der Waals surface area (Å²) in [6.07, 6.45) is 0.229. The van der Waals surface area contributed by atoms with Crippen LogP contribution in [0.15, 0.2) is 0 Å². The van der Waals surface area contributed by atoms with Crippen molar-refractivity contribution in [1.82, 2.24) is 15.1 Å². The second-order valence-corrected chi connectivity index (χ2v) is 8.22. The van der Waals surface area contributed by atoms with Crippen molar-refractivity contribution in [2.45, 2.75) is 55.4 Å². The SMILES string of the molecule is CC(=O)N[C@@H]1C(=O)N2[C@@H]1SC(C)(C)[C@@H]2CC(=O)N1CC1C#N. The van der Waals surface area contributed by atoms with Crippen LogP contribution in [0.3, 0.4) is 0 Å². The van der Waals surface area contributed by atoms with E-state index in [1.807, 2.05) is 13.8 Å². The van der Waals surface area contributed by atoms with Crippen LogP contribution in [-0.4, -0.2) is 62.3 Å². The van der Waals surface area contributed by atoms with Crippen molar-refractivity contribution in [3.8, 4) is 6.07 Å². The monoisotopic (exact) mass is 322 g/mol. The van der Waals surface area contributed by atoms with Crippen molar-refractivity contribution in [2.24, 2.45) is 0 Å². The van der Waals surface area contributed by atoms with Gasteiger partial charge in [-0.3, -0.25) is 14.4 Å². The number of nitrogens with zero attached hydrogens (tertiary/aromatic N) is 3. The van der Waals surface area contributed by atoms with E-state index in [1.54, 1.807) is 16.7 Å². The Kier molecular flexibility index (Phi) is 3.36. The number of carbonyl (C=O) groups excluding carboxylic acids is 3. The van der Waals surface area contributed by atoms with Gasteiger partial charge < -0.3 is 15.1 Å². The highest BCUT2D eigenvalue weighted by Gasteiger charge is 2.62. The maximum Gasteiger partial charge on any atom is 0.249 e. The Labute approximate surface area is 133 Å². The van der Waals surface area contributed by atoms with Gasteiger partial charge in [-0.05, 0) is 13.8 Å². The first-order chi connectivity index (χ1) is 10.3. The fraction of sp³-hybridized carbons (Fsp3) is 0.714. The van der Waals surface area contributed by atoms with Crippen LogP contribution < -0.4 is 5.32 Å². The van der Waals surface area contributed by atoms with Crippen LogP contribution in [-0.2, 0) is 14.4 Å². The Morgan fingerprint density at radius 2 is 2.18 bits per heavy atom. The van der Waals surface area contributed by atoms with Gasteiger partial charge in [0.15, 0.2) is 0 Å². The number of hydrogen-bond acceptors (Lipinski definition) is 5. The van der Waals surface area contributed by atoms with Crippen molar-refractivity contribution in [1.29, 1.82) is 5.26 Å². The van der Waals surface area contributed by atoms with Gasteiger partial charge in [0.05, 0.1) is 18.7 Å². The lowest BCUT2D eigenvalue weighted by Gasteiger charge is -2.44. The van der Waals surface area contributed by atoms with E-state index in [4.69, 9.17) is 5.26 Å². The molecule has 0 aromatic heterocycles. The third-order valence-corrected chi connectivity index (χ3v) is 6.07. The van der Waals surface area contributed by atoms with Crippen LogP contribution in [0, 0.1) is 11.3 Å². The Hall–Kier alpha value is -1.75. The fourth-order valence-electron chi connectivity index (χ4n) is 3.17. The number of nitriles is 1. The van der Waals surface area contributed by atoms with Gasteiger partial charge in [-0.25, -0.2) is 0 Å². The molecule has 4 atom stereocenters. The second-order valence-electron chi connectivity index (χ2n) is 6.45. The number of nitrogens with one attached hydrogen (secondary N) is 1. The number of thioether (sulfide) groups is 1. The lowest BCUT2D eigenvalue weighted by atomic mass is 9.93. The molecule has 0 aromatic rings. The van der Waals surface area contributed by atoms with E-state index in [1.165, 1.54) is 11.8 Å². The molecule has 3 saturated heterocycles. The van der Waals surface area contributed by atoms with Crippen LogP contribution in [0.25, 0.3) is 0 Å². The summed E-state index contributed by atoms with van der Waals surface area (Å²) in [6.45, 7) is 5.90. The molecule has 3 aliphatic heterocycles. The highest BCUT2D eigenvalue weighted by atomic mass is 32.2. The molecule has 3 aliphatic rings. The van der Waals surface area contributed by atoms with Gasteiger partial charge >= 0.3 is 0 Å². The zero-order valence-electron chi connectivity index (χ0n) is 12.7. The summed E-state index contributed by atoms with van der Waals surface area (Å²) in [6, 6.07) is 1.06. The van der Waals surface area contributed by atoms with E-state index < -0.39 is 6.04 Å². The van der Waals surface area contributed by atoms with Gasteiger partial charge in [0.1, 0.15) is 17.5 Å². The lowest BCUT2D eigenvalue weighted by Crippen LogP contribution is -2.69. The molecule has 0 aliphatic carbocycles. The maximum absolute atomic E-state index is 12.3.